The van der Waals surface area contributed by atoms with Gasteiger partial charge >= 0.3 is 6.18 Å². The summed E-state index contributed by atoms with van der Waals surface area (Å²) in [4.78, 5) is 11.4. The van der Waals surface area contributed by atoms with Crippen molar-refractivity contribution >= 4 is 5.91 Å². The minimum atomic E-state index is -4.44. The molecule has 0 atom stereocenters. The summed E-state index contributed by atoms with van der Waals surface area (Å²) >= 11 is 0. The minimum Gasteiger partial charge on any atom is -0.366 e. The molecule has 1 aliphatic rings. The number of hydrogen-bond acceptors (Lipinski definition) is 1. The number of nitrogens with two attached hydrogens (primary N) is 1. The van der Waals surface area contributed by atoms with E-state index in [1.54, 1.807) is 30.3 Å². The average Bonchev–Trinajstić information content (AvgIpc) is 3.14. The van der Waals surface area contributed by atoms with Crippen molar-refractivity contribution in [2.45, 2.75) is 31.9 Å². The third-order valence-corrected chi connectivity index (χ3v) is 5.85. The van der Waals surface area contributed by atoms with Crippen LogP contribution in [-0.4, -0.2) is 5.91 Å². The number of halogens is 3. The largest absolute Gasteiger partial charge is 0.416 e. The number of benzene rings is 3. The number of hydrogen-bond donors (Lipinski definition) is 1. The van der Waals surface area contributed by atoms with Gasteiger partial charge in [0, 0.05) is 5.56 Å². The van der Waals surface area contributed by atoms with E-state index in [-0.39, 0.29) is 5.56 Å². The smallest absolute Gasteiger partial charge is 0.366 e. The van der Waals surface area contributed by atoms with Gasteiger partial charge in [-0.2, -0.15) is 13.2 Å². The Labute approximate surface area is 173 Å². The highest BCUT2D eigenvalue weighted by Gasteiger charge is 2.34. The molecule has 0 spiro atoms. The Hall–Kier alpha value is -3.08. The van der Waals surface area contributed by atoms with Gasteiger partial charge in [0.15, 0.2) is 0 Å². The maximum atomic E-state index is 13.8. The molecule has 30 heavy (non-hydrogen) atoms. The second-order valence-electron chi connectivity index (χ2n) is 7.90. The molecule has 1 aliphatic carbocycles. The average molecular weight is 409 g/mol. The number of alkyl halides is 3. The quantitative estimate of drug-likeness (QED) is 0.567. The standard InChI is InChI=1S/C25H22F3NO/c26-25(27,28)23-15-21(20-6-3-7-22(14-20)24(29)30)11-10-17(23)9-8-16-12-18-4-1-2-5-19(18)13-16/h1-7,10-11,14-16H,8-9,12-13H2,(H2,29,30). The summed E-state index contributed by atoms with van der Waals surface area (Å²) in [6.07, 6.45) is -1.49. The molecule has 3 aromatic carbocycles. The Kier molecular flexibility index (Phi) is 5.37. The van der Waals surface area contributed by atoms with Crippen molar-refractivity contribution in [3.63, 3.8) is 0 Å². The molecular weight excluding hydrogens is 387 g/mol. The molecule has 3 aromatic rings. The first kappa shape index (κ1) is 20.2. The Bertz CT molecular complexity index is 1060. The molecule has 0 unspecified atom stereocenters. The number of carbonyl (C=O) groups is 1. The maximum absolute atomic E-state index is 13.8. The Morgan fingerprint density at radius 1 is 0.900 bits per heavy atom. The van der Waals surface area contributed by atoms with Gasteiger partial charge in [-0.05, 0) is 77.6 Å². The van der Waals surface area contributed by atoms with E-state index < -0.39 is 17.6 Å². The first-order valence-electron chi connectivity index (χ1n) is 9.98. The predicted molar refractivity (Wildman–Crippen MR) is 111 cm³/mol. The van der Waals surface area contributed by atoms with Crippen molar-refractivity contribution < 1.29 is 18.0 Å². The lowest BCUT2D eigenvalue weighted by atomic mass is 9.92. The van der Waals surface area contributed by atoms with Gasteiger partial charge in [0.05, 0.1) is 5.56 Å². The second kappa shape index (κ2) is 7.98. The molecular formula is C25H22F3NO. The van der Waals surface area contributed by atoms with Crippen LogP contribution >= 0.6 is 0 Å². The number of aryl methyl sites for hydroxylation is 1. The highest BCUT2D eigenvalue weighted by Crippen LogP contribution is 2.37. The van der Waals surface area contributed by atoms with Gasteiger partial charge in [-0.1, -0.05) is 48.5 Å². The molecule has 0 radical (unpaired) electrons. The van der Waals surface area contributed by atoms with Crippen LogP contribution in [0.3, 0.4) is 0 Å². The van der Waals surface area contributed by atoms with E-state index in [4.69, 9.17) is 5.73 Å². The van der Waals surface area contributed by atoms with E-state index in [2.05, 4.69) is 12.1 Å². The lowest BCUT2D eigenvalue weighted by Gasteiger charge is -2.16. The molecule has 0 saturated carbocycles. The molecule has 0 aliphatic heterocycles. The predicted octanol–water partition coefficient (Wildman–Crippen LogP) is 5.82. The minimum absolute atomic E-state index is 0.269. The van der Waals surface area contributed by atoms with Gasteiger partial charge in [-0.3, -0.25) is 4.79 Å². The summed E-state index contributed by atoms with van der Waals surface area (Å²) in [5.41, 5.74) is 8.84. The summed E-state index contributed by atoms with van der Waals surface area (Å²) in [5.74, 6) is -0.238. The summed E-state index contributed by atoms with van der Waals surface area (Å²) in [6.45, 7) is 0. The molecule has 0 fully saturated rings. The molecule has 0 saturated heterocycles. The summed E-state index contributed by atoms with van der Waals surface area (Å²) < 4.78 is 41.4. The Morgan fingerprint density at radius 2 is 1.57 bits per heavy atom. The Balaban J connectivity index is 1.57. The van der Waals surface area contributed by atoms with Crippen LogP contribution in [0.25, 0.3) is 11.1 Å². The van der Waals surface area contributed by atoms with Crippen LogP contribution in [0.15, 0.2) is 66.7 Å². The summed E-state index contributed by atoms with van der Waals surface area (Å²) in [6, 6.07) is 19.0. The van der Waals surface area contributed by atoms with Crippen LogP contribution in [0, 0.1) is 5.92 Å². The number of carbonyl (C=O) groups excluding carboxylic acids is 1. The molecule has 0 bridgehead atoms. The second-order valence-corrected chi connectivity index (χ2v) is 7.90. The van der Waals surface area contributed by atoms with Gasteiger partial charge in [0.25, 0.3) is 0 Å². The molecule has 2 nitrogen and oxygen atoms in total. The van der Waals surface area contributed by atoms with E-state index in [1.165, 1.54) is 23.3 Å². The number of rotatable bonds is 5. The highest BCUT2D eigenvalue weighted by atomic mass is 19.4. The van der Waals surface area contributed by atoms with Crippen molar-refractivity contribution in [2.75, 3.05) is 0 Å². The van der Waals surface area contributed by atoms with E-state index >= 15 is 0 Å². The third-order valence-electron chi connectivity index (χ3n) is 5.85. The van der Waals surface area contributed by atoms with Crippen LogP contribution in [-0.2, 0) is 25.4 Å². The van der Waals surface area contributed by atoms with Crippen LogP contribution in [0.5, 0.6) is 0 Å². The number of fused-ring (bicyclic) bond motifs is 1. The number of amides is 1. The van der Waals surface area contributed by atoms with Crippen molar-refractivity contribution in [2.24, 2.45) is 11.7 Å². The van der Waals surface area contributed by atoms with E-state index in [0.29, 0.717) is 35.4 Å². The molecule has 5 heteroatoms. The first-order chi connectivity index (χ1) is 14.3. The third kappa shape index (κ3) is 4.25. The van der Waals surface area contributed by atoms with E-state index in [1.807, 2.05) is 12.1 Å². The zero-order valence-corrected chi connectivity index (χ0v) is 16.4. The molecule has 0 aromatic heterocycles. The highest BCUT2D eigenvalue weighted by molar-refractivity contribution is 5.94. The van der Waals surface area contributed by atoms with Crippen molar-refractivity contribution in [3.8, 4) is 11.1 Å². The van der Waals surface area contributed by atoms with Crippen LogP contribution in [0.1, 0.15) is 39.0 Å². The van der Waals surface area contributed by atoms with Gasteiger partial charge in [-0.15, -0.1) is 0 Å². The van der Waals surface area contributed by atoms with E-state index in [9.17, 15) is 18.0 Å². The van der Waals surface area contributed by atoms with Crippen LogP contribution in [0.4, 0.5) is 13.2 Å². The van der Waals surface area contributed by atoms with Crippen LogP contribution in [0.2, 0.25) is 0 Å². The zero-order chi connectivity index (χ0) is 21.3. The lowest BCUT2D eigenvalue weighted by molar-refractivity contribution is -0.138. The molecule has 0 heterocycles. The SMILES string of the molecule is NC(=O)c1cccc(-c2ccc(CCC3Cc4ccccc4C3)c(C(F)(F)F)c2)c1. The zero-order valence-electron chi connectivity index (χ0n) is 16.4. The fraction of sp³-hybridized carbons (Fsp3) is 0.240. The van der Waals surface area contributed by atoms with Crippen LogP contribution < -0.4 is 5.73 Å². The molecule has 4 rings (SSSR count). The topological polar surface area (TPSA) is 43.1 Å². The lowest BCUT2D eigenvalue weighted by Crippen LogP contribution is -2.12. The van der Waals surface area contributed by atoms with Gasteiger partial charge in [-0.25, -0.2) is 0 Å². The van der Waals surface area contributed by atoms with Gasteiger partial charge in [0.2, 0.25) is 5.91 Å². The van der Waals surface area contributed by atoms with Gasteiger partial charge in [0.1, 0.15) is 0 Å². The molecule has 154 valence electrons. The maximum Gasteiger partial charge on any atom is 0.416 e. The fourth-order valence-corrected chi connectivity index (χ4v) is 4.30. The molecule has 2 N–H and O–H groups in total. The number of primary amides is 1. The normalized spacial score (nSPS) is 14.0. The first-order valence-corrected chi connectivity index (χ1v) is 9.98. The van der Waals surface area contributed by atoms with E-state index in [0.717, 1.165) is 12.8 Å². The fourth-order valence-electron chi connectivity index (χ4n) is 4.30. The Morgan fingerprint density at radius 3 is 2.20 bits per heavy atom. The summed E-state index contributed by atoms with van der Waals surface area (Å²) in [5, 5.41) is 0. The monoisotopic (exact) mass is 409 g/mol. The van der Waals surface area contributed by atoms with Crippen molar-refractivity contribution in [1.29, 1.82) is 0 Å². The molecule has 1 amide bonds. The van der Waals surface area contributed by atoms with Crippen molar-refractivity contribution in [3.05, 3.63) is 94.5 Å². The van der Waals surface area contributed by atoms with Crippen molar-refractivity contribution in [1.82, 2.24) is 0 Å². The van der Waals surface area contributed by atoms with Gasteiger partial charge < -0.3 is 5.73 Å². The summed E-state index contributed by atoms with van der Waals surface area (Å²) in [7, 11) is 0.